The minimum Gasteiger partial charge on any atom is -0.493 e. The molecule has 4 nitrogen and oxygen atoms in total. The van der Waals surface area contributed by atoms with Gasteiger partial charge in [-0.15, -0.1) is 11.3 Å². The number of carbonyl (C=O) groups is 1. The molecule has 1 fully saturated rings. The third-order valence-corrected chi connectivity index (χ3v) is 4.82. The van der Waals surface area contributed by atoms with Crippen LogP contribution in [0.25, 0.3) is 0 Å². The van der Waals surface area contributed by atoms with E-state index in [1.165, 1.54) is 12.1 Å². The van der Waals surface area contributed by atoms with Crippen molar-refractivity contribution in [3.8, 4) is 5.75 Å². The van der Waals surface area contributed by atoms with Crippen LogP contribution >= 0.6 is 11.3 Å². The third-order valence-electron chi connectivity index (χ3n) is 3.94. The van der Waals surface area contributed by atoms with E-state index >= 15 is 0 Å². The molecule has 23 heavy (non-hydrogen) atoms. The van der Waals surface area contributed by atoms with Gasteiger partial charge in [0.05, 0.1) is 19.1 Å². The molecular weight excluding hydrogens is 315 g/mol. The zero-order valence-electron chi connectivity index (χ0n) is 12.8. The molecule has 1 aromatic heterocycles. The Morgan fingerprint density at radius 1 is 1.43 bits per heavy atom. The van der Waals surface area contributed by atoms with Crippen LogP contribution < -0.4 is 4.74 Å². The van der Waals surface area contributed by atoms with Gasteiger partial charge in [0.2, 0.25) is 5.91 Å². The molecule has 122 valence electrons. The summed E-state index contributed by atoms with van der Waals surface area (Å²) in [5.41, 5.74) is 0. The number of hydrogen-bond donors (Lipinski definition) is 0. The first-order valence-corrected chi connectivity index (χ1v) is 8.69. The fourth-order valence-electron chi connectivity index (χ4n) is 2.84. The molecule has 0 bridgehead atoms. The van der Waals surface area contributed by atoms with E-state index in [2.05, 4.69) is 4.98 Å². The molecule has 1 aliphatic rings. The Morgan fingerprint density at radius 2 is 2.35 bits per heavy atom. The Hall–Kier alpha value is -1.95. The maximum Gasteiger partial charge on any atom is 0.226 e. The second-order valence-corrected chi connectivity index (χ2v) is 6.45. The van der Waals surface area contributed by atoms with Gasteiger partial charge >= 0.3 is 0 Å². The summed E-state index contributed by atoms with van der Waals surface area (Å²) in [4.78, 5) is 18.8. The molecule has 1 aromatic carbocycles. The number of rotatable bonds is 5. The summed E-state index contributed by atoms with van der Waals surface area (Å²) < 4.78 is 18.6. The van der Waals surface area contributed by atoms with Gasteiger partial charge in [0.25, 0.3) is 0 Å². The quantitative estimate of drug-likeness (QED) is 0.835. The number of halogens is 1. The van der Waals surface area contributed by atoms with E-state index in [9.17, 15) is 9.18 Å². The highest BCUT2D eigenvalue weighted by Crippen LogP contribution is 2.32. The summed E-state index contributed by atoms with van der Waals surface area (Å²) in [6.07, 6.45) is 5.18. The molecule has 0 aliphatic carbocycles. The summed E-state index contributed by atoms with van der Waals surface area (Å²) >= 11 is 1.59. The van der Waals surface area contributed by atoms with E-state index in [-0.39, 0.29) is 24.4 Å². The van der Waals surface area contributed by atoms with Crippen molar-refractivity contribution in [3.05, 3.63) is 46.7 Å². The highest BCUT2D eigenvalue weighted by molar-refractivity contribution is 7.09. The first kappa shape index (κ1) is 15.9. The van der Waals surface area contributed by atoms with Crippen LogP contribution in [0.3, 0.4) is 0 Å². The van der Waals surface area contributed by atoms with Gasteiger partial charge in [0, 0.05) is 24.2 Å². The van der Waals surface area contributed by atoms with Crippen LogP contribution in [-0.4, -0.2) is 28.9 Å². The van der Waals surface area contributed by atoms with Gasteiger partial charge in [-0.2, -0.15) is 0 Å². The largest absolute Gasteiger partial charge is 0.493 e. The molecule has 0 unspecified atom stereocenters. The lowest BCUT2D eigenvalue weighted by Gasteiger charge is -2.34. The molecule has 0 radical (unpaired) electrons. The minimum atomic E-state index is -0.339. The summed E-state index contributed by atoms with van der Waals surface area (Å²) in [6.45, 7) is 1.02. The fourth-order valence-corrected chi connectivity index (χ4v) is 3.63. The third kappa shape index (κ3) is 4.07. The Labute approximate surface area is 138 Å². The number of amides is 1. The van der Waals surface area contributed by atoms with Gasteiger partial charge in [-0.05, 0) is 31.4 Å². The number of aromatic nitrogens is 1. The Kier molecular flexibility index (Phi) is 5.23. The highest BCUT2D eigenvalue weighted by Gasteiger charge is 2.29. The van der Waals surface area contributed by atoms with Gasteiger partial charge in [0.1, 0.15) is 16.6 Å². The van der Waals surface area contributed by atoms with Crippen molar-refractivity contribution in [2.45, 2.75) is 31.7 Å². The summed E-state index contributed by atoms with van der Waals surface area (Å²) in [5.74, 6) is 0.183. The topological polar surface area (TPSA) is 42.4 Å². The maximum atomic E-state index is 13.1. The summed E-state index contributed by atoms with van der Waals surface area (Å²) in [5, 5.41) is 2.95. The number of hydrogen-bond acceptors (Lipinski definition) is 4. The molecule has 2 heterocycles. The van der Waals surface area contributed by atoms with Crippen LogP contribution in [0.15, 0.2) is 35.8 Å². The van der Waals surface area contributed by atoms with Crippen LogP contribution in [0, 0.1) is 5.82 Å². The van der Waals surface area contributed by atoms with Gasteiger partial charge in [0.15, 0.2) is 0 Å². The molecular formula is C17H19FN2O2S. The van der Waals surface area contributed by atoms with Gasteiger partial charge in [-0.3, -0.25) is 4.79 Å². The molecule has 1 atom stereocenters. The lowest BCUT2D eigenvalue weighted by molar-refractivity contribution is -0.135. The average Bonchev–Trinajstić information content (AvgIpc) is 3.09. The summed E-state index contributed by atoms with van der Waals surface area (Å²) in [6, 6.07) is 6.06. The van der Waals surface area contributed by atoms with E-state index < -0.39 is 0 Å². The molecule has 6 heteroatoms. The minimum absolute atomic E-state index is 0.0707. The van der Waals surface area contributed by atoms with Gasteiger partial charge in [-0.25, -0.2) is 9.37 Å². The van der Waals surface area contributed by atoms with Crippen molar-refractivity contribution in [2.24, 2.45) is 0 Å². The smallest absolute Gasteiger partial charge is 0.226 e. The molecule has 1 saturated heterocycles. The van der Waals surface area contributed by atoms with Crippen LogP contribution in [0.1, 0.15) is 36.7 Å². The zero-order chi connectivity index (χ0) is 16.1. The molecule has 1 aliphatic heterocycles. The lowest BCUT2D eigenvalue weighted by atomic mass is 10.0. The van der Waals surface area contributed by atoms with Crippen LogP contribution in [-0.2, 0) is 4.79 Å². The highest BCUT2D eigenvalue weighted by atomic mass is 32.1. The number of thiazole rings is 1. The number of carbonyl (C=O) groups excluding carboxylic acids is 1. The molecule has 3 rings (SSSR count). The van der Waals surface area contributed by atoms with Gasteiger partial charge in [-0.1, -0.05) is 6.07 Å². The predicted molar refractivity (Wildman–Crippen MR) is 86.9 cm³/mol. The number of ether oxygens (including phenoxy) is 1. The Morgan fingerprint density at radius 3 is 3.13 bits per heavy atom. The van der Waals surface area contributed by atoms with Crippen molar-refractivity contribution in [2.75, 3.05) is 13.2 Å². The summed E-state index contributed by atoms with van der Waals surface area (Å²) in [7, 11) is 0. The SMILES string of the molecule is O=C(CCOc1cccc(F)c1)N1CCCC[C@H]1c1nccs1. The number of benzene rings is 1. The first-order valence-electron chi connectivity index (χ1n) is 7.81. The monoisotopic (exact) mass is 334 g/mol. The van der Waals surface area contributed by atoms with Crippen molar-refractivity contribution >= 4 is 17.2 Å². The van der Waals surface area contributed by atoms with E-state index in [0.29, 0.717) is 12.2 Å². The van der Waals surface area contributed by atoms with E-state index in [0.717, 1.165) is 30.8 Å². The van der Waals surface area contributed by atoms with Crippen LogP contribution in [0.2, 0.25) is 0 Å². The number of likely N-dealkylation sites (tertiary alicyclic amines) is 1. The maximum absolute atomic E-state index is 13.1. The molecule has 2 aromatic rings. The average molecular weight is 334 g/mol. The molecule has 1 amide bonds. The van der Waals surface area contributed by atoms with Crippen molar-refractivity contribution in [1.29, 1.82) is 0 Å². The molecule has 0 spiro atoms. The second-order valence-electron chi connectivity index (χ2n) is 5.52. The van der Waals surface area contributed by atoms with Crippen molar-refractivity contribution in [1.82, 2.24) is 9.88 Å². The normalized spacial score (nSPS) is 18.0. The van der Waals surface area contributed by atoms with Crippen molar-refractivity contribution in [3.63, 3.8) is 0 Å². The Bertz CT molecular complexity index is 648. The van der Waals surface area contributed by atoms with E-state index in [4.69, 9.17) is 4.74 Å². The second kappa shape index (κ2) is 7.55. The van der Waals surface area contributed by atoms with Crippen molar-refractivity contribution < 1.29 is 13.9 Å². The number of nitrogens with zero attached hydrogens (tertiary/aromatic N) is 2. The van der Waals surface area contributed by atoms with Crippen LogP contribution in [0.5, 0.6) is 5.75 Å². The first-order chi connectivity index (χ1) is 11.2. The van der Waals surface area contributed by atoms with E-state index in [1.807, 2.05) is 10.3 Å². The predicted octanol–water partition coefficient (Wildman–Crippen LogP) is 3.80. The number of piperidine rings is 1. The van der Waals surface area contributed by atoms with Gasteiger partial charge < -0.3 is 9.64 Å². The molecule has 0 saturated carbocycles. The van der Waals surface area contributed by atoms with Crippen LogP contribution in [0.4, 0.5) is 4.39 Å². The Balaban J connectivity index is 1.56. The molecule has 0 N–H and O–H groups in total. The zero-order valence-corrected chi connectivity index (χ0v) is 13.6. The van der Waals surface area contributed by atoms with E-state index in [1.54, 1.807) is 29.7 Å². The lowest BCUT2D eigenvalue weighted by Crippen LogP contribution is -2.39. The standard InChI is InChI=1S/C17H19FN2O2S/c18-13-4-3-5-14(12-13)22-10-7-16(21)20-9-2-1-6-15(20)17-19-8-11-23-17/h3-5,8,11-12,15H,1-2,6-7,9-10H2/t15-/m0/s1. The fraction of sp³-hybridized carbons (Fsp3) is 0.412.